The van der Waals surface area contributed by atoms with Gasteiger partial charge in [-0.2, -0.15) is 0 Å². The van der Waals surface area contributed by atoms with Gasteiger partial charge in [0.05, 0.1) is 11.4 Å². The Morgan fingerprint density at radius 2 is 0.949 bits per heavy atom. The molecule has 6 rings (SSSR count). The fourth-order valence-electron chi connectivity index (χ4n) is 3.39. The topological polar surface area (TPSA) is 38.7 Å². The Hall–Kier alpha value is -4.68. The molecular weight excluding hydrogens is 655 g/mol. The molecule has 4 heteroatoms. The van der Waals surface area contributed by atoms with Gasteiger partial charge in [0, 0.05) is 12.4 Å². The number of benzene rings is 3. The Bertz CT molecular complexity index is 1440. The third kappa shape index (κ3) is 9.29. The fraction of sp³-hybridized carbons (Fsp3) is 0. The van der Waals surface area contributed by atoms with Crippen LogP contribution < -0.4 is 0 Å². The van der Waals surface area contributed by atoms with Gasteiger partial charge in [-0.1, -0.05) is 48.5 Å². The number of hydrogen-bond donors (Lipinski definition) is 0. The molecule has 0 unspecified atom stereocenters. The van der Waals surface area contributed by atoms with Gasteiger partial charge in [-0.3, -0.25) is 15.9 Å². The van der Waals surface area contributed by atoms with E-state index in [0.717, 1.165) is 39.5 Å². The molecule has 39 heavy (non-hydrogen) atoms. The van der Waals surface area contributed by atoms with Crippen LogP contribution in [0.25, 0.3) is 33.9 Å². The summed E-state index contributed by atoms with van der Waals surface area (Å²) in [5.74, 6) is 2.28. The van der Waals surface area contributed by atoms with E-state index < -0.39 is 0 Å². The van der Waals surface area contributed by atoms with Crippen molar-refractivity contribution in [1.82, 2.24) is 15.0 Å². The van der Waals surface area contributed by atoms with Crippen molar-refractivity contribution >= 4 is 0 Å². The van der Waals surface area contributed by atoms with Crippen LogP contribution in [0.3, 0.4) is 0 Å². The summed E-state index contributed by atoms with van der Waals surface area (Å²) in [7, 11) is 0. The van der Waals surface area contributed by atoms with Crippen LogP contribution in [0.15, 0.2) is 146 Å². The summed E-state index contributed by atoms with van der Waals surface area (Å²) in [5.41, 5.74) is 6.55. The second-order valence-electron chi connectivity index (χ2n) is 7.88. The predicted octanol–water partition coefficient (Wildman–Crippen LogP) is 7.78. The summed E-state index contributed by atoms with van der Waals surface area (Å²) < 4.78 is 0. The molecule has 0 saturated heterocycles. The van der Waals surface area contributed by atoms with E-state index in [9.17, 15) is 0 Å². The first-order valence-electron chi connectivity index (χ1n) is 12.0. The molecule has 0 N–H and O–H groups in total. The van der Waals surface area contributed by atoms with Crippen molar-refractivity contribution in [3.05, 3.63) is 170 Å². The molecule has 0 fully saturated rings. The molecule has 3 aromatic heterocycles. The van der Waals surface area contributed by atoms with Crippen molar-refractivity contribution in [3.63, 3.8) is 0 Å². The third-order valence-corrected chi connectivity index (χ3v) is 5.23. The zero-order valence-corrected chi connectivity index (χ0v) is 23.4. The van der Waals surface area contributed by atoms with Gasteiger partial charge in [0.25, 0.3) is 0 Å². The Morgan fingerprint density at radius 1 is 0.487 bits per heavy atom. The van der Waals surface area contributed by atoms with Crippen LogP contribution in [0, 0.1) is 24.5 Å². The molecule has 0 aliphatic heterocycles. The fourth-order valence-corrected chi connectivity index (χ4v) is 3.39. The van der Waals surface area contributed by atoms with Crippen molar-refractivity contribution in [2.24, 2.45) is 0 Å². The van der Waals surface area contributed by atoms with Gasteiger partial charge in [0.15, 0.2) is 0 Å². The second-order valence-corrected chi connectivity index (χ2v) is 7.88. The van der Waals surface area contributed by atoms with Gasteiger partial charge >= 0.3 is 20.1 Å². The molecular formula is C35H24IrN3. The van der Waals surface area contributed by atoms with Crippen LogP contribution >= 0.6 is 0 Å². The summed E-state index contributed by atoms with van der Waals surface area (Å²) in [6, 6.07) is 49.1. The maximum absolute atomic E-state index is 6.69. The standard InChI is InChI=1S/C17H11N.C10H8N2.C8H5.Ir/c1-3-8-14(9-4-1)16-12-7-13-17(18-16)15-10-5-2-6-11-15;1-3-7-11-9(5-1)10-6-2-4-8-12-10;1-2-8-6-4-3-5-7-8;/h1-8,10,12-13H;1-8H;3-7H;/q-2;;-1;+3. The molecule has 3 nitrogen and oxygen atoms in total. The summed E-state index contributed by atoms with van der Waals surface area (Å²) in [6.45, 7) is 0. The van der Waals surface area contributed by atoms with Crippen LogP contribution in [0.4, 0.5) is 0 Å². The van der Waals surface area contributed by atoms with Crippen molar-refractivity contribution in [3.8, 4) is 39.8 Å². The van der Waals surface area contributed by atoms with Crippen LogP contribution in [-0.4, -0.2) is 15.0 Å². The van der Waals surface area contributed by atoms with Crippen LogP contribution in [0.2, 0.25) is 0 Å². The zero-order chi connectivity index (χ0) is 26.3. The summed E-state index contributed by atoms with van der Waals surface area (Å²) in [4.78, 5) is 13.0. The first kappa shape index (κ1) is 28.9. The number of pyridine rings is 3. The van der Waals surface area contributed by atoms with E-state index in [1.807, 2.05) is 133 Å². The Kier molecular flexibility index (Phi) is 12.0. The molecule has 0 aliphatic rings. The Balaban J connectivity index is 0.000000173. The normalized spacial score (nSPS) is 9.31. The number of nitrogens with zero attached hydrogens (tertiary/aromatic N) is 3. The zero-order valence-electron chi connectivity index (χ0n) is 21.0. The first-order valence-corrected chi connectivity index (χ1v) is 12.0. The molecule has 3 aromatic carbocycles. The van der Waals surface area contributed by atoms with Crippen molar-refractivity contribution < 1.29 is 20.1 Å². The molecule has 0 saturated carbocycles. The minimum absolute atomic E-state index is 0. The average Bonchev–Trinajstić information content (AvgIpc) is 3.04. The van der Waals surface area contributed by atoms with E-state index in [-0.39, 0.29) is 20.1 Å². The van der Waals surface area contributed by atoms with Crippen LogP contribution in [-0.2, 0) is 20.1 Å². The van der Waals surface area contributed by atoms with Crippen LogP contribution in [0.1, 0.15) is 5.56 Å². The Morgan fingerprint density at radius 3 is 1.33 bits per heavy atom. The van der Waals surface area contributed by atoms with Gasteiger partial charge in [-0.15, -0.1) is 89.5 Å². The monoisotopic (exact) mass is 679 g/mol. The first-order chi connectivity index (χ1) is 18.8. The van der Waals surface area contributed by atoms with Crippen molar-refractivity contribution in [1.29, 1.82) is 0 Å². The van der Waals surface area contributed by atoms with E-state index in [1.54, 1.807) is 12.4 Å². The minimum Gasteiger partial charge on any atom is -0.366 e. The molecule has 0 aliphatic carbocycles. The summed E-state index contributed by atoms with van der Waals surface area (Å²) >= 11 is 0. The van der Waals surface area contributed by atoms with E-state index in [2.05, 4.69) is 33.0 Å². The Labute approximate surface area is 244 Å². The number of rotatable bonds is 3. The van der Waals surface area contributed by atoms with E-state index in [0.29, 0.717) is 0 Å². The molecule has 0 bridgehead atoms. The van der Waals surface area contributed by atoms with Gasteiger partial charge in [-0.25, -0.2) is 0 Å². The van der Waals surface area contributed by atoms with E-state index in [1.165, 1.54) is 0 Å². The molecule has 0 atom stereocenters. The average molecular weight is 679 g/mol. The van der Waals surface area contributed by atoms with Gasteiger partial charge in [0.1, 0.15) is 0 Å². The maximum Gasteiger partial charge on any atom is 3.00 e. The van der Waals surface area contributed by atoms with Crippen molar-refractivity contribution in [2.45, 2.75) is 0 Å². The molecule has 0 radical (unpaired) electrons. The van der Waals surface area contributed by atoms with Crippen molar-refractivity contribution in [2.75, 3.05) is 0 Å². The largest absolute Gasteiger partial charge is 3.00 e. The third-order valence-electron chi connectivity index (χ3n) is 5.23. The van der Waals surface area contributed by atoms with Gasteiger partial charge in [0.2, 0.25) is 0 Å². The molecule has 188 valence electrons. The summed E-state index contributed by atoms with van der Waals surface area (Å²) in [5, 5.41) is 0. The molecule has 3 heterocycles. The molecule has 6 aromatic rings. The number of hydrogen-bond acceptors (Lipinski definition) is 3. The molecule has 0 amide bonds. The van der Waals surface area contributed by atoms with Gasteiger partial charge < -0.3 is 11.4 Å². The smallest absolute Gasteiger partial charge is 0.366 e. The summed E-state index contributed by atoms with van der Waals surface area (Å²) in [6.07, 6.45) is 10.2. The van der Waals surface area contributed by atoms with E-state index >= 15 is 0 Å². The minimum atomic E-state index is 0. The maximum atomic E-state index is 6.69. The quantitative estimate of drug-likeness (QED) is 0.142. The van der Waals surface area contributed by atoms with Gasteiger partial charge in [-0.05, 0) is 35.7 Å². The SMILES string of the molecule is [C-]#Cc1ccccc1.[Ir+3].[c-]1ccccc1-c1cccc(-c2[c-]cccc2)n1.c1ccc(-c2ccccn2)nc1. The number of aromatic nitrogens is 3. The second kappa shape index (κ2) is 16.2. The predicted molar refractivity (Wildman–Crippen MR) is 153 cm³/mol. The molecule has 0 spiro atoms. The van der Waals surface area contributed by atoms with E-state index in [4.69, 9.17) is 6.42 Å². The van der Waals surface area contributed by atoms with Crippen LogP contribution in [0.5, 0.6) is 0 Å².